The molecule has 2 aromatic carbocycles. The first-order valence-corrected chi connectivity index (χ1v) is 9.19. The van der Waals surface area contributed by atoms with Gasteiger partial charge in [-0.3, -0.25) is 9.59 Å². The molecular formula is C22H24N2O4. The van der Waals surface area contributed by atoms with Gasteiger partial charge in [0.05, 0.1) is 20.3 Å². The van der Waals surface area contributed by atoms with Gasteiger partial charge in [0.25, 0.3) is 5.91 Å². The molecule has 0 atom stereocenters. The van der Waals surface area contributed by atoms with Gasteiger partial charge in [0.1, 0.15) is 5.75 Å². The molecule has 146 valence electrons. The Hall–Kier alpha value is -3.12. The standard InChI is InChI=1S/C22H24N2O4/c1-16-18(22(26)24-12-14-28-15-13-24)7-5-8-19(16)23-21(25)11-10-17-6-3-4-9-20(17)27-2/h3-11H,12-15H2,1-2H3,(H,23,25). The predicted molar refractivity (Wildman–Crippen MR) is 109 cm³/mol. The number of anilines is 1. The minimum atomic E-state index is -0.273. The summed E-state index contributed by atoms with van der Waals surface area (Å²) in [7, 11) is 1.59. The molecule has 0 unspecified atom stereocenters. The third-order valence-corrected chi connectivity index (χ3v) is 4.67. The molecule has 1 fully saturated rings. The van der Waals surface area contributed by atoms with Crippen LogP contribution in [0.1, 0.15) is 21.5 Å². The van der Waals surface area contributed by atoms with Crippen LogP contribution in [0.3, 0.4) is 0 Å². The molecule has 0 aliphatic carbocycles. The maximum Gasteiger partial charge on any atom is 0.254 e. The number of methoxy groups -OCH3 is 1. The van der Waals surface area contributed by atoms with Gasteiger partial charge in [-0.1, -0.05) is 24.3 Å². The van der Waals surface area contributed by atoms with Crippen LogP contribution in [0.4, 0.5) is 5.69 Å². The first-order chi connectivity index (χ1) is 13.6. The SMILES string of the molecule is COc1ccccc1C=CC(=O)Nc1cccc(C(=O)N2CCOCC2)c1C. The van der Waals surface area contributed by atoms with E-state index in [1.54, 1.807) is 36.3 Å². The fourth-order valence-corrected chi connectivity index (χ4v) is 3.08. The Balaban J connectivity index is 1.72. The first-order valence-electron chi connectivity index (χ1n) is 9.19. The highest BCUT2D eigenvalue weighted by molar-refractivity contribution is 6.04. The van der Waals surface area contributed by atoms with Crippen LogP contribution in [0, 0.1) is 6.92 Å². The van der Waals surface area contributed by atoms with Crippen LogP contribution in [0.25, 0.3) is 6.08 Å². The lowest BCUT2D eigenvalue weighted by atomic mass is 10.0. The number of benzene rings is 2. The second-order valence-electron chi connectivity index (χ2n) is 6.45. The molecule has 1 saturated heterocycles. The monoisotopic (exact) mass is 380 g/mol. The van der Waals surface area contributed by atoms with Crippen molar-refractivity contribution in [2.24, 2.45) is 0 Å². The average Bonchev–Trinajstić information content (AvgIpc) is 2.74. The van der Waals surface area contributed by atoms with Crippen LogP contribution < -0.4 is 10.1 Å². The lowest BCUT2D eigenvalue weighted by Gasteiger charge is -2.27. The number of hydrogen-bond acceptors (Lipinski definition) is 4. The van der Waals surface area contributed by atoms with Gasteiger partial charge in [0.2, 0.25) is 5.91 Å². The van der Waals surface area contributed by atoms with Gasteiger partial charge in [-0.2, -0.15) is 0 Å². The number of para-hydroxylation sites is 1. The summed E-state index contributed by atoms with van der Waals surface area (Å²) in [5, 5.41) is 2.85. The van der Waals surface area contributed by atoms with Crippen LogP contribution in [-0.4, -0.2) is 50.1 Å². The van der Waals surface area contributed by atoms with Crippen molar-refractivity contribution in [3.8, 4) is 5.75 Å². The molecule has 0 spiro atoms. The zero-order chi connectivity index (χ0) is 19.9. The van der Waals surface area contributed by atoms with Crippen molar-refractivity contribution in [3.63, 3.8) is 0 Å². The number of rotatable bonds is 5. The summed E-state index contributed by atoms with van der Waals surface area (Å²) in [5.74, 6) is 0.382. The van der Waals surface area contributed by atoms with Crippen LogP contribution in [-0.2, 0) is 9.53 Å². The normalized spacial score (nSPS) is 14.1. The second kappa shape index (κ2) is 9.19. The quantitative estimate of drug-likeness (QED) is 0.810. The van der Waals surface area contributed by atoms with E-state index in [2.05, 4.69) is 5.32 Å². The lowest BCUT2D eigenvalue weighted by Crippen LogP contribution is -2.41. The molecule has 1 aliphatic heterocycles. The molecule has 0 aromatic heterocycles. The van der Waals surface area contributed by atoms with Gasteiger partial charge >= 0.3 is 0 Å². The summed E-state index contributed by atoms with van der Waals surface area (Å²) in [6.07, 6.45) is 3.15. The van der Waals surface area contributed by atoms with Gasteiger partial charge in [-0.05, 0) is 36.8 Å². The summed E-state index contributed by atoms with van der Waals surface area (Å²) in [4.78, 5) is 26.9. The smallest absolute Gasteiger partial charge is 0.254 e. The third-order valence-electron chi connectivity index (χ3n) is 4.67. The summed E-state index contributed by atoms with van der Waals surface area (Å²) in [5.41, 5.74) is 2.77. The molecule has 0 radical (unpaired) electrons. The number of hydrogen-bond donors (Lipinski definition) is 1. The van der Waals surface area contributed by atoms with Crippen molar-refractivity contribution >= 4 is 23.6 Å². The highest BCUT2D eigenvalue weighted by atomic mass is 16.5. The number of ether oxygens (including phenoxy) is 2. The van der Waals surface area contributed by atoms with E-state index in [4.69, 9.17) is 9.47 Å². The van der Waals surface area contributed by atoms with Crippen molar-refractivity contribution in [1.82, 2.24) is 4.90 Å². The lowest BCUT2D eigenvalue weighted by molar-refractivity contribution is -0.111. The van der Waals surface area contributed by atoms with Gasteiger partial charge in [-0.25, -0.2) is 0 Å². The van der Waals surface area contributed by atoms with E-state index in [-0.39, 0.29) is 11.8 Å². The molecular weight excluding hydrogens is 356 g/mol. The van der Waals surface area contributed by atoms with Crippen molar-refractivity contribution in [2.45, 2.75) is 6.92 Å². The first kappa shape index (κ1) is 19.6. The number of morpholine rings is 1. The van der Waals surface area contributed by atoms with E-state index in [9.17, 15) is 9.59 Å². The van der Waals surface area contributed by atoms with Crippen molar-refractivity contribution in [2.75, 3.05) is 38.7 Å². The molecule has 1 N–H and O–H groups in total. The van der Waals surface area contributed by atoms with Crippen molar-refractivity contribution in [3.05, 3.63) is 65.2 Å². The zero-order valence-corrected chi connectivity index (χ0v) is 16.1. The minimum Gasteiger partial charge on any atom is -0.496 e. The van der Waals surface area contributed by atoms with Crippen molar-refractivity contribution < 1.29 is 19.1 Å². The molecule has 6 nitrogen and oxygen atoms in total. The zero-order valence-electron chi connectivity index (χ0n) is 16.1. The number of carbonyl (C=O) groups excluding carboxylic acids is 2. The minimum absolute atomic E-state index is 0.0403. The maximum atomic E-state index is 12.8. The number of amides is 2. The molecule has 2 amide bonds. The molecule has 1 heterocycles. The van der Waals surface area contributed by atoms with E-state index in [1.807, 2.05) is 31.2 Å². The van der Waals surface area contributed by atoms with E-state index in [1.165, 1.54) is 6.08 Å². The van der Waals surface area contributed by atoms with E-state index >= 15 is 0 Å². The Kier molecular flexibility index (Phi) is 6.45. The Labute approximate surface area is 164 Å². The summed E-state index contributed by atoms with van der Waals surface area (Å²) in [6, 6.07) is 12.8. The van der Waals surface area contributed by atoms with Gasteiger partial charge < -0.3 is 19.7 Å². The van der Waals surface area contributed by atoms with Crippen molar-refractivity contribution in [1.29, 1.82) is 0 Å². The van der Waals surface area contributed by atoms with Gasteiger partial charge in [0.15, 0.2) is 0 Å². The van der Waals surface area contributed by atoms with Crippen LogP contribution in [0.2, 0.25) is 0 Å². The van der Waals surface area contributed by atoms with E-state index in [0.717, 1.165) is 11.1 Å². The fourth-order valence-electron chi connectivity index (χ4n) is 3.08. The number of nitrogens with zero attached hydrogens (tertiary/aromatic N) is 1. The van der Waals surface area contributed by atoms with Crippen LogP contribution in [0.15, 0.2) is 48.5 Å². The maximum absolute atomic E-state index is 12.8. The van der Waals surface area contributed by atoms with E-state index < -0.39 is 0 Å². The Morgan fingerprint density at radius 1 is 1.11 bits per heavy atom. The highest BCUT2D eigenvalue weighted by Gasteiger charge is 2.21. The molecule has 0 bridgehead atoms. The largest absolute Gasteiger partial charge is 0.496 e. The summed E-state index contributed by atoms with van der Waals surface area (Å²) in [6.45, 7) is 4.10. The fraction of sp³-hybridized carbons (Fsp3) is 0.273. The molecule has 2 aromatic rings. The molecule has 0 saturated carbocycles. The number of nitrogens with one attached hydrogen (secondary N) is 1. The predicted octanol–water partition coefficient (Wildman–Crippen LogP) is 3.13. The topological polar surface area (TPSA) is 67.9 Å². The summed E-state index contributed by atoms with van der Waals surface area (Å²) < 4.78 is 10.6. The summed E-state index contributed by atoms with van der Waals surface area (Å²) >= 11 is 0. The number of carbonyl (C=O) groups is 2. The average molecular weight is 380 g/mol. The van der Waals surface area contributed by atoms with Gasteiger partial charge in [-0.15, -0.1) is 0 Å². The molecule has 1 aliphatic rings. The Morgan fingerprint density at radius 3 is 2.61 bits per heavy atom. The molecule has 3 rings (SSSR count). The van der Waals surface area contributed by atoms with Crippen LogP contribution >= 0.6 is 0 Å². The van der Waals surface area contributed by atoms with Gasteiger partial charge in [0, 0.05) is 36.0 Å². The molecule has 28 heavy (non-hydrogen) atoms. The van der Waals surface area contributed by atoms with Crippen LogP contribution in [0.5, 0.6) is 5.75 Å². The third kappa shape index (κ3) is 4.58. The highest BCUT2D eigenvalue weighted by Crippen LogP contribution is 2.22. The van der Waals surface area contributed by atoms with E-state index in [0.29, 0.717) is 43.3 Å². The Morgan fingerprint density at radius 2 is 1.86 bits per heavy atom. The Bertz CT molecular complexity index is 886. The molecule has 6 heteroatoms. The second-order valence-corrected chi connectivity index (χ2v) is 6.45.